The Bertz CT molecular complexity index is 654. The fraction of sp³-hybridized carbons (Fsp3) is 0.375. The van der Waals surface area contributed by atoms with Crippen molar-refractivity contribution in [1.29, 1.82) is 0 Å². The molecule has 0 saturated carbocycles. The lowest BCUT2D eigenvalue weighted by atomic mass is 10.1. The first-order valence-corrected chi connectivity index (χ1v) is 8.21. The van der Waals surface area contributed by atoms with Crippen molar-refractivity contribution in [1.82, 2.24) is 15.6 Å². The SMILES string of the molecule is Cc1ncsc1-c1ccc(CNC(=O)C2NCCC2O)cc1. The number of nitrogens with one attached hydrogen (secondary N) is 2. The summed E-state index contributed by atoms with van der Waals surface area (Å²) < 4.78 is 0. The number of benzene rings is 1. The largest absolute Gasteiger partial charge is 0.391 e. The molecule has 2 unspecified atom stereocenters. The van der Waals surface area contributed by atoms with Crippen molar-refractivity contribution in [3.8, 4) is 10.4 Å². The Kier molecular flexibility index (Phi) is 4.52. The van der Waals surface area contributed by atoms with E-state index >= 15 is 0 Å². The monoisotopic (exact) mass is 317 g/mol. The predicted octanol–water partition coefficient (Wildman–Crippen LogP) is 1.46. The van der Waals surface area contributed by atoms with Crippen molar-refractivity contribution in [2.45, 2.75) is 32.0 Å². The van der Waals surface area contributed by atoms with E-state index in [2.05, 4.69) is 15.6 Å². The second-order valence-electron chi connectivity index (χ2n) is 5.47. The van der Waals surface area contributed by atoms with Crippen molar-refractivity contribution in [2.75, 3.05) is 6.54 Å². The van der Waals surface area contributed by atoms with Gasteiger partial charge in [-0.05, 0) is 31.0 Å². The Morgan fingerprint density at radius 3 is 2.82 bits per heavy atom. The van der Waals surface area contributed by atoms with Gasteiger partial charge in [0.2, 0.25) is 5.91 Å². The number of hydrogen-bond acceptors (Lipinski definition) is 5. The Morgan fingerprint density at radius 1 is 1.45 bits per heavy atom. The lowest BCUT2D eigenvalue weighted by Crippen LogP contribution is -2.45. The highest BCUT2D eigenvalue weighted by molar-refractivity contribution is 7.13. The summed E-state index contributed by atoms with van der Waals surface area (Å²) in [7, 11) is 0. The average Bonchev–Trinajstić information content (AvgIpc) is 3.14. The van der Waals surface area contributed by atoms with Gasteiger partial charge in [-0.3, -0.25) is 4.79 Å². The molecule has 2 atom stereocenters. The molecule has 22 heavy (non-hydrogen) atoms. The Hall–Kier alpha value is -1.76. The summed E-state index contributed by atoms with van der Waals surface area (Å²) in [6, 6.07) is 7.62. The predicted molar refractivity (Wildman–Crippen MR) is 86.5 cm³/mol. The molecule has 5 nitrogen and oxygen atoms in total. The number of amides is 1. The van der Waals surface area contributed by atoms with Crippen LogP contribution in [0.15, 0.2) is 29.8 Å². The van der Waals surface area contributed by atoms with Crippen LogP contribution >= 0.6 is 11.3 Å². The van der Waals surface area contributed by atoms with E-state index in [1.54, 1.807) is 11.3 Å². The molecule has 1 fully saturated rings. The Morgan fingerprint density at radius 2 is 2.23 bits per heavy atom. The topological polar surface area (TPSA) is 74.2 Å². The van der Waals surface area contributed by atoms with E-state index < -0.39 is 12.1 Å². The smallest absolute Gasteiger partial charge is 0.240 e. The summed E-state index contributed by atoms with van der Waals surface area (Å²) >= 11 is 1.63. The van der Waals surface area contributed by atoms with E-state index in [4.69, 9.17) is 0 Å². The third-order valence-corrected chi connectivity index (χ3v) is 4.88. The quantitative estimate of drug-likeness (QED) is 0.798. The van der Waals surface area contributed by atoms with Gasteiger partial charge in [-0.1, -0.05) is 24.3 Å². The standard InChI is InChI=1S/C16H19N3O2S/c1-10-15(22-9-19-10)12-4-2-11(3-5-12)8-18-16(21)14-13(20)6-7-17-14/h2-5,9,13-14,17,20H,6-8H2,1H3,(H,18,21). The summed E-state index contributed by atoms with van der Waals surface area (Å²) in [6.07, 6.45) is 0.0396. The summed E-state index contributed by atoms with van der Waals surface area (Å²) in [6.45, 7) is 3.15. The normalized spacial score (nSPS) is 21.0. The fourth-order valence-corrected chi connectivity index (χ4v) is 3.42. The molecule has 1 amide bonds. The first-order valence-electron chi connectivity index (χ1n) is 7.33. The average molecular weight is 317 g/mol. The molecule has 1 aromatic heterocycles. The number of carbonyl (C=O) groups excluding carboxylic acids is 1. The summed E-state index contributed by atoms with van der Waals surface area (Å²) in [4.78, 5) is 17.4. The number of thiazole rings is 1. The zero-order valence-electron chi connectivity index (χ0n) is 12.4. The molecule has 0 spiro atoms. The second-order valence-corrected chi connectivity index (χ2v) is 6.32. The molecule has 1 saturated heterocycles. The molecule has 3 N–H and O–H groups in total. The number of aromatic nitrogens is 1. The van der Waals surface area contributed by atoms with Crippen molar-refractivity contribution < 1.29 is 9.90 Å². The van der Waals surface area contributed by atoms with Gasteiger partial charge in [-0.15, -0.1) is 11.3 Å². The lowest BCUT2D eigenvalue weighted by molar-refractivity contribution is -0.124. The van der Waals surface area contributed by atoms with Crippen molar-refractivity contribution in [2.24, 2.45) is 0 Å². The van der Waals surface area contributed by atoms with Gasteiger partial charge in [0.05, 0.1) is 22.2 Å². The van der Waals surface area contributed by atoms with Crippen LogP contribution in [0, 0.1) is 6.92 Å². The van der Waals surface area contributed by atoms with Crippen molar-refractivity contribution >= 4 is 17.2 Å². The van der Waals surface area contributed by atoms with Gasteiger partial charge in [0.15, 0.2) is 0 Å². The zero-order valence-corrected chi connectivity index (χ0v) is 13.2. The van der Waals surface area contributed by atoms with Crippen LogP contribution < -0.4 is 10.6 Å². The molecule has 0 bridgehead atoms. The van der Waals surface area contributed by atoms with E-state index in [0.717, 1.165) is 16.8 Å². The maximum Gasteiger partial charge on any atom is 0.240 e. The third kappa shape index (κ3) is 3.19. The number of aryl methyl sites for hydroxylation is 1. The van der Waals surface area contributed by atoms with Crippen LogP contribution in [0.2, 0.25) is 0 Å². The Labute approximate surface area is 133 Å². The first-order chi connectivity index (χ1) is 10.6. The van der Waals surface area contributed by atoms with Crippen molar-refractivity contribution in [3.05, 3.63) is 41.0 Å². The van der Waals surface area contributed by atoms with Crippen LogP contribution in [0.5, 0.6) is 0 Å². The molecule has 1 aliphatic rings. The highest BCUT2D eigenvalue weighted by Gasteiger charge is 2.30. The fourth-order valence-electron chi connectivity index (χ4n) is 2.61. The highest BCUT2D eigenvalue weighted by Crippen LogP contribution is 2.27. The van der Waals surface area contributed by atoms with Crippen LogP contribution in [0.4, 0.5) is 0 Å². The van der Waals surface area contributed by atoms with Gasteiger partial charge in [0, 0.05) is 6.54 Å². The molecule has 1 aromatic carbocycles. The molecule has 1 aliphatic heterocycles. The molecule has 116 valence electrons. The number of aliphatic hydroxyl groups excluding tert-OH is 1. The molecular weight excluding hydrogens is 298 g/mol. The van der Waals surface area contributed by atoms with Crippen LogP contribution in [0.3, 0.4) is 0 Å². The van der Waals surface area contributed by atoms with E-state index in [1.807, 2.05) is 36.7 Å². The minimum atomic E-state index is -0.586. The van der Waals surface area contributed by atoms with Crippen molar-refractivity contribution in [3.63, 3.8) is 0 Å². The lowest BCUT2D eigenvalue weighted by Gasteiger charge is -2.14. The van der Waals surface area contributed by atoms with Crippen LogP contribution in [-0.4, -0.2) is 34.7 Å². The molecule has 2 heterocycles. The molecule has 3 rings (SSSR count). The Balaban J connectivity index is 1.60. The van der Waals surface area contributed by atoms with Gasteiger partial charge >= 0.3 is 0 Å². The highest BCUT2D eigenvalue weighted by atomic mass is 32.1. The van der Waals surface area contributed by atoms with Gasteiger partial charge in [-0.25, -0.2) is 4.98 Å². The maximum absolute atomic E-state index is 12.0. The second kappa shape index (κ2) is 6.56. The molecule has 6 heteroatoms. The minimum absolute atomic E-state index is 0.146. The van der Waals surface area contributed by atoms with Gasteiger partial charge < -0.3 is 15.7 Å². The van der Waals surface area contributed by atoms with Crippen LogP contribution in [0.25, 0.3) is 10.4 Å². The number of aliphatic hydroxyl groups is 1. The van der Waals surface area contributed by atoms with E-state index in [9.17, 15) is 9.90 Å². The molecular formula is C16H19N3O2S. The first kappa shape index (κ1) is 15.1. The minimum Gasteiger partial charge on any atom is -0.391 e. The number of hydrogen-bond donors (Lipinski definition) is 3. The molecule has 0 radical (unpaired) electrons. The molecule has 2 aromatic rings. The summed E-state index contributed by atoms with van der Waals surface area (Å²) in [5.74, 6) is -0.146. The van der Waals surface area contributed by atoms with E-state index in [1.165, 1.54) is 4.88 Å². The zero-order chi connectivity index (χ0) is 15.5. The van der Waals surface area contributed by atoms with E-state index in [-0.39, 0.29) is 5.91 Å². The maximum atomic E-state index is 12.0. The summed E-state index contributed by atoms with van der Waals surface area (Å²) in [5, 5.41) is 15.6. The third-order valence-electron chi connectivity index (χ3n) is 3.90. The van der Waals surface area contributed by atoms with Crippen LogP contribution in [-0.2, 0) is 11.3 Å². The number of carbonyl (C=O) groups is 1. The number of rotatable bonds is 4. The molecule has 0 aliphatic carbocycles. The van der Waals surface area contributed by atoms with Gasteiger partial charge in [0.25, 0.3) is 0 Å². The summed E-state index contributed by atoms with van der Waals surface area (Å²) in [5.41, 5.74) is 5.06. The van der Waals surface area contributed by atoms with E-state index in [0.29, 0.717) is 19.5 Å². The van der Waals surface area contributed by atoms with Crippen LogP contribution in [0.1, 0.15) is 17.7 Å². The van der Waals surface area contributed by atoms with Gasteiger partial charge in [-0.2, -0.15) is 0 Å². The van der Waals surface area contributed by atoms with Gasteiger partial charge in [0.1, 0.15) is 6.04 Å². The number of nitrogens with zero attached hydrogens (tertiary/aromatic N) is 1.